The fourth-order valence-corrected chi connectivity index (χ4v) is 1.56. The van der Waals surface area contributed by atoms with E-state index in [-0.39, 0.29) is 0 Å². The molecule has 0 aliphatic heterocycles. The van der Waals surface area contributed by atoms with Gasteiger partial charge < -0.3 is 10.5 Å². The van der Waals surface area contributed by atoms with Gasteiger partial charge in [0, 0.05) is 0 Å². The smallest absolute Gasteiger partial charge is 0.119 e. The maximum Gasteiger partial charge on any atom is 0.119 e. The van der Waals surface area contributed by atoms with Gasteiger partial charge in [-0.1, -0.05) is 26.0 Å². The highest BCUT2D eigenvalue weighted by molar-refractivity contribution is 5.28. The third-order valence-corrected chi connectivity index (χ3v) is 2.66. The molecule has 0 fully saturated rings. The molecule has 1 rings (SSSR count). The first-order valence-electron chi connectivity index (χ1n) is 6.17. The highest BCUT2D eigenvalue weighted by atomic mass is 16.5. The van der Waals surface area contributed by atoms with Crippen LogP contribution in [0.25, 0.3) is 0 Å². The predicted octanol–water partition coefficient (Wildman–Crippen LogP) is 3.32. The Bertz CT molecular complexity index is 279. The van der Waals surface area contributed by atoms with Gasteiger partial charge in [0.05, 0.1) is 6.61 Å². The second kappa shape index (κ2) is 7.29. The summed E-state index contributed by atoms with van der Waals surface area (Å²) in [5, 5.41) is 0. The standard InChI is InChI=1S/C14H23NO/c1-12(2)13-6-8-14(9-7-13)16-11-5-3-4-10-15/h6-9,12H,3-5,10-11,15H2,1-2H3. The minimum absolute atomic E-state index is 0.582. The Kier molecular flexibility index (Phi) is 5.94. The predicted molar refractivity (Wildman–Crippen MR) is 68.9 cm³/mol. The Morgan fingerprint density at radius 1 is 1.06 bits per heavy atom. The molecule has 0 unspecified atom stereocenters. The van der Waals surface area contributed by atoms with E-state index in [4.69, 9.17) is 10.5 Å². The Morgan fingerprint density at radius 2 is 1.75 bits per heavy atom. The summed E-state index contributed by atoms with van der Waals surface area (Å²) >= 11 is 0. The summed E-state index contributed by atoms with van der Waals surface area (Å²) in [7, 11) is 0. The van der Waals surface area contributed by atoms with Crippen molar-refractivity contribution >= 4 is 0 Å². The number of nitrogens with two attached hydrogens (primary N) is 1. The highest BCUT2D eigenvalue weighted by Gasteiger charge is 1.99. The topological polar surface area (TPSA) is 35.2 Å². The molecule has 0 aromatic heterocycles. The molecule has 0 saturated heterocycles. The van der Waals surface area contributed by atoms with E-state index in [1.165, 1.54) is 5.56 Å². The molecule has 0 bridgehead atoms. The largest absolute Gasteiger partial charge is 0.494 e. The van der Waals surface area contributed by atoms with Crippen LogP contribution in [0.3, 0.4) is 0 Å². The van der Waals surface area contributed by atoms with Crippen molar-refractivity contribution < 1.29 is 4.74 Å². The van der Waals surface area contributed by atoms with Gasteiger partial charge in [0.1, 0.15) is 5.75 Å². The monoisotopic (exact) mass is 221 g/mol. The number of benzene rings is 1. The molecule has 2 heteroatoms. The molecule has 2 nitrogen and oxygen atoms in total. The molecule has 0 aliphatic carbocycles. The van der Waals surface area contributed by atoms with Gasteiger partial charge in [-0.25, -0.2) is 0 Å². The van der Waals surface area contributed by atoms with Crippen LogP contribution < -0.4 is 10.5 Å². The molecule has 0 amide bonds. The fourth-order valence-electron chi connectivity index (χ4n) is 1.56. The normalized spacial score (nSPS) is 10.8. The van der Waals surface area contributed by atoms with Gasteiger partial charge in [-0.15, -0.1) is 0 Å². The second-order valence-corrected chi connectivity index (χ2v) is 4.42. The summed E-state index contributed by atoms with van der Waals surface area (Å²) in [4.78, 5) is 0. The Balaban J connectivity index is 2.27. The van der Waals surface area contributed by atoms with E-state index in [0.29, 0.717) is 5.92 Å². The molecule has 16 heavy (non-hydrogen) atoms. The van der Waals surface area contributed by atoms with E-state index in [2.05, 4.69) is 38.1 Å². The van der Waals surface area contributed by atoms with Gasteiger partial charge >= 0.3 is 0 Å². The third kappa shape index (κ3) is 4.67. The zero-order valence-electron chi connectivity index (χ0n) is 10.4. The first-order chi connectivity index (χ1) is 7.74. The van der Waals surface area contributed by atoms with Crippen molar-refractivity contribution in [3.8, 4) is 5.75 Å². The number of ether oxygens (including phenoxy) is 1. The zero-order chi connectivity index (χ0) is 11.8. The van der Waals surface area contributed by atoms with E-state index in [1.54, 1.807) is 0 Å². The van der Waals surface area contributed by atoms with Gasteiger partial charge in [0.15, 0.2) is 0 Å². The average Bonchev–Trinajstić information content (AvgIpc) is 2.29. The zero-order valence-corrected chi connectivity index (χ0v) is 10.4. The Morgan fingerprint density at radius 3 is 2.31 bits per heavy atom. The molecule has 1 aromatic carbocycles. The molecule has 0 radical (unpaired) electrons. The Labute approximate surface area is 98.8 Å². The molecular weight excluding hydrogens is 198 g/mol. The minimum atomic E-state index is 0.582. The summed E-state index contributed by atoms with van der Waals surface area (Å²) in [5.74, 6) is 1.55. The van der Waals surface area contributed by atoms with Gasteiger partial charge in [-0.3, -0.25) is 0 Å². The lowest BCUT2D eigenvalue weighted by Crippen LogP contribution is -2.01. The highest BCUT2D eigenvalue weighted by Crippen LogP contribution is 2.18. The molecule has 0 saturated carbocycles. The van der Waals surface area contributed by atoms with E-state index in [0.717, 1.165) is 38.2 Å². The second-order valence-electron chi connectivity index (χ2n) is 4.42. The van der Waals surface area contributed by atoms with Crippen molar-refractivity contribution in [2.45, 2.75) is 39.0 Å². The third-order valence-electron chi connectivity index (χ3n) is 2.66. The van der Waals surface area contributed by atoms with E-state index >= 15 is 0 Å². The van der Waals surface area contributed by atoms with Crippen LogP contribution in [0.5, 0.6) is 5.75 Å². The summed E-state index contributed by atoms with van der Waals surface area (Å²) in [6, 6.07) is 8.39. The van der Waals surface area contributed by atoms with Gasteiger partial charge in [-0.05, 0) is 49.4 Å². The van der Waals surface area contributed by atoms with E-state index in [1.807, 2.05) is 0 Å². The molecule has 0 aliphatic rings. The van der Waals surface area contributed by atoms with Crippen LogP contribution >= 0.6 is 0 Å². The van der Waals surface area contributed by atoms with Crippen molar-refractivity contribution in [3.05, 3.63) is 29.8 Å². The van der Waals surface area contributed by atoms with Crippen LogP contribution in [0.15, 0.2) is 24.3 Å². The molecule has 90 valence electrons. The van der Waals surface area contributed by atoms with Gasteiger partial charge in [0.25, 0.3) is 0 Å². The van der Waals surface area contributed by atoms with Crippen LogP contribution in [0, 0.1) is 0 Å². The Hall–Kier alpha value is -1.02. The van der Waals surface area contributed by atoms with E-state index < -0.39 is 0 Å². The lowest BCUT2D eigenvalue weighted by atomic mass is 10.0. The van der Waals surface area contributed by atoms with Crippen molar-refractivity contribution in [3.63, 3.8) is 0 Å². The summed E-state index contributed by atoms with van der Waals surface area (Å²) in [6.07, 6.45) is 3.33. The van der Waals surface area contributed by atoms with Crippen LogP contribution in [0.2, 0.25) is 0 Å². The quantitative estimate of drug-likeness (QED) is 0.717. The maximum atomic E-state index is 5.65. The first-order valence-corrected chi connectivity index (χ1v) is 6.17. The van der Waals surface area contributed by atoms with Crippen molar-refractivity contribution in [1.29, 1.82) is 0 Å². The average molecular weight is 221 g/mol. The minimum Gasteiger partial charge on any atom is -0.494 e. The summed E-state index contributed by atoms with van der Waals surface area (Å²) < 4.78 is 5.65. The van der Waals surface area contributed by atoms with Crippen LogP contribution in [-0.4, -0.2) is 13.2 Å². The number of rotatable bonds is 7. The van der Waals surface area contributed by atoms with E-state index in [9.17, 15) is 0 Å². The summed E-state index contributed by atoms with van der Waals surface area (Å²) in [5.41, 5.74) is 6.78. The van der Waals surface area contributed by atoms with Crippen LogP contribution in [0.4, 0.5) is 0 Å². The number of unbranched alkanes of at least 4 members (excludes halogenated alkanes) is 2. The molecule has 0 spiro atoms. The van der Waals surface area contributed by atoms with Crippen molar-refractivity contribution in [2.75, 3.05) is 13.2 Å². The SMILES string of the molecule is CC(C)c1ccc(OCCCCCN)cc1. The fraction of sp³-hybridized carbons (Fsp3) is 0.571. The summed E-state index contributed by atoms with van der Waals surface area (Å²) in [6.45, 7) is 5.97. The lowest BCUT2D eigenvalue weighted by molar-refractivity contribution is 0.305. The maximum absolute atomic E-state index is 5.65. The van der Waals surface area contributed by atoms with Crippen LogP contribution in [0.1, 0.15) is 44.6 Å². The number of hydrogen-bond acceptors (Lipinski definition) is 2. The lowest BCUT2D eigenvalue weighted by Gasteiger charge is -2.08. The van der Waals surface area contributed by atoms with Crippen molar-refractivity contribution in [1.82, 2.24) is 0 Å². The molecule has 1 aromatic rings. The van der Waals surface area contributed by atoms with Crippen LogP contribution in [-0.2, 0) is 0 Å². The van der Waals surface area contributed by atoms with Crippen molar-refractivity contribution in [2.24, 2.45) is 5.73 Å². The number of hydrogen-bond donors (Lipinski definition) is 1. The first kappa shape index (κ1) is 13.0. The molecule has 0 atom stereocenters. The molecule has 2 N–H and O–H groups in total. The molecule has 0 heterocycles. The van der Waals surface area contributed by atoms with Gasteiger partial charge in [0.2, 0.25) is 0 Å². The molecular formula is C14H23NO. The van der Waals surface area contributed by atoms with Gasteiger partial charge in [-0.2, -0.15) is 0 Å².